The quantitative estimate of drug-likeness (QED) is 0.826. The van der Waals surface area contributed by atoms with Crippen LogP contribution in [0.2, 0.25) is 5.02 Å². The van der Waals surface area contributed by atoms with E-state index in [1.54, 1.807) is 12.1 Å². The van der Waals surface area contributed by atoms with Gasteiger partial charge in [-0.05, 0) is 66.3 Å². The van der Waals surface area contributed by atoms with Crippen molar-refractivity contribution in [3.8, 4) is 5.75 Å². The Morgan fingerprint density at radius 2 is 1.86 bits per heavy atom. The van der Waals surface area contributed by atoms with Gasteiger partial charge in [0.25, 0.3) is 0 Å². The molecule has 0 saturated carbocycles. The minimum absolute atomic E-state index is 0.321. The summed E-state index contributed by atoms with van der Waals surface area (Å²) in [5, 5.41) is 14.0. The fourth-order valence-corrected chi connectivity index (χ4v) is 4.23. The second-order valence-corrected chi connectivity index (χ2v) is 6.52. The lowest BCUT2D eigenvalue weighted by molar-refractivity contribution is 0.287. The van der Waals surface area contributed by atoms with Gasteiger partial charge in [-0.3, -0.25) is 0 Å². The standard InChI is InChI=1S/C18H18ClNO/c19-12-5-8-14-16(10-12)17(11-3-6-13(21)7-4-11)15-2-1-9-20-18(14)15/h3-8,10,15,17-18,20-21H,1-2,9H2. The molecule has 2 aromatic rings. The van der Waals surface area contributed by atoms with E-state index in [9.17, 15) is 5.11 Å². The predicted octanol–water partition coefficient (Wildman–Crippen LogP) is 4.23. The number of piperidine rings is 1. The number of nitrogens with one attached hydrogen (secondary N) is 1. The van der Waals surface area contributed by atoms with Crippen LogP contribution in [0.1, 0.15) is 41.5 Å². The summed E-state index contributed by atoms with van der Waals surface area (Å²) in [6.07, 6.45) is 2.45. The number of halogens is 1. The topological polar surface area (TPSA) is 32.3 Å². The van der Waals surface area contributed by atoms with E-state index in [-0.39, 0.29) is 0 Å². The Hall–Kier alpha value is -1.51. The summed E-state index contributed by atoms with van der Waals surface area (Å²) in [7, 11) is 0. The Bertz CT molecular complexity index is 667. The molecule has 0 amide bonds. The van der Waals surface area contributed by atoms with E-state index in [0.717, 1.165) is 11.6 Å². The first kappa shape index (κ1) is 13.2. The third-order valence-corrected chi connectivity index (χ3v) is 5.14. The molecule has 1 aliphatic carbocycles. The third kappa shape index (κ3) is 2.14. The zero-order chi connectivity index (χ0) is 14.4. The second-order valence-electron chi connectivity index (χ2n) is 6.08. The maximum absolute atomic E-state index is 9.54. The van der Waals surface area contributed by atoms with Crippen molar-refractivity contribution in [3.05, 3.63) is 64.2 Å². The van der Waals surface area contributed by atoms with E-state index in [1.807, 2.05) is 18.2 Å². The second kappa shape index (κ2) is 5.04. The zero-order valence-electron chi connectivity index (χ0n) is 11.7. The molecule has 0 aromatic heterocycles. The van der Waals surface area contributed by atoms with Crippen LogP contribution < -0.4 is 5.32 Å². The molecule has 2 aromatic carbocycles. The molecule has 0 spiro atoms. The van der Waals surface area contributed by atoms with Gasteiger partial charge in [0.15, 0.2) is 0 Å². The van der Waals surface area contributed by atoms with E-state index in [2.05, 4.69) is 17.4 Å². The van der Waals surface area contributed by atoms with Gasteiger partial charge in [0.1, 0.15) is 5.75 Å². The number of aromatic hydroxyl groups is 1. The Morgan fingerprint density at radius 3 is 2.67 bits per heavy atom. The minimum atomic E-state index is 0.321. The molecule has 2 N–H and O–H groups in total. The van der Waals surface area contributed by atoms with Crippen molar-refractivity contribution in [1.29, 1.82) is 0 Å². The van der Waals surface area contributed by atoms with Crippen LogP contribution in [0, 0.1) is 5.92 Å². The highest BCUT2D eigenvalue weighted by Crippen LogP contribution is 2.52. The van der Waals surface area contributed by atoms with Crippen LogP contribution in [0.25, 0.3) is 0 Å². The van der Waals surface area contributed by atoms with Crippen molar-refractivity contribution in [1.82, 2.24) is 5.32 Å². The maximum Gasteiger partial charge on any atom is 0.115 e. The van der Waals surface area contributed by atoms with Crippen molar-refractivity contribution >= 4 is 11.6 Å². The van der Waals surface area contributed by atoms with Crippen molar-refractivity contribution in [2.75, 3.05) is 6.54 Å². The summed E-state index contributed by atoms with van der Waals surface area (Å²) >= 11 is 6.24. The van der Waals surface area contributed by atoms with Gasteiger partial charge in [-0.2, -0.15) is 0 Å². The first-order valence-corrected chi connectivity index (χ1v) is 7.93. The highest BCUT2D eigenvalue weighted by molar-refractivity contribution is 6.30. The Balaban J connectivity index is 1.85. The molecule has 3 heteroatoms. The Morgan fingerprint density at radius 1 is 1.05 bits per heavy atom. The van der Waals surface area contributed by atoms with Crippen molar-refractivity contribution in [2.24, 2.45) is 5.92 Å². The van der Waals surface area contributed by atoms with Crippen LogP contribution >= 0.6 is 11.6 Å². The molecule has 1 aliphatic heterocycles. The molecule has 3 atom stereocenters. The fraction of sp³-hybridized carbons (Fsp3) is 0.333. The first-order valence-electron chi connectivity index (χ1n) is 7.56. The maximum atomic E-state index is 9.54. The molecule has 4 rings (SSSR count). The summed E-state index contributed by atoms with van der Waals surface area (Å²) in [6, 6.07) is 14.4. The molecule has 1 saturated heterocycles. The number of rotatable bonds is 1. The summed E-state index contributed by atoms with van der Waals surface area (Å²) in [6.45, 7) is 1.09. The molecule has 3 unspecified atom stereocenters. The Kier molecular flexibility index (Phi) is 3.16. The van der Waals surface area contributed by atoms with Gasteiger partial charge in [0.2, 0.25) is 0 Å². The van der Waals surface area contributed by atoms with Crippen LogP contribution in [0.5, 0.6) is 5.75 Å². The van der Waals surface area contributed by atoms with Gasteiger partial charge in [-0.15, -0.1) is 0 Å². The molecule has 0 bridgehead atoms. The van der Waals surface area contributed by atoms with E-state index in [0.29, 0.717) is 23.6 Å². The van der Waals surface area contributed by atoms with E-state index in [1.165, 1.54) is 29.5 Å². The normalized spacial score (nSPS) is 27.2. The summed E-state index contributed by atoms with van der Waals surface area (Å²) < 4.78 is 0. The molecule has 2 aliphatic rings. The van der Waals surface area contributed by atoms with Crippen LogP contribution in [-0.4, -0.2) is 11.7 Å². The van der Waals surface area contributed by atoms with Gasteiger partial charge in [-0.25, -0.2) is 0 Å². The van der Waals surface area contributed by atoms with E-state index >= 15 is 0 Å². The predicted molar refractivity (Wildman–Crippen MR) is 84.9 cm³/mol. The summed E-state index contributed by atoms with van der Waals surface area (Å²) in [5.41, 5.74) is 4.01. The van der Waals surface area contributed by atoms with Gasteiger partial charge in [0.05, 0.1) is 0 Å². The average molecular weight is 300 g/mol. The highest BCUT2D eigenvalue weighted by atomic mass is 35.5. The molecule has 1 fully saturated rings. The lowest BCUT2D eigenvalue weighted by Crippen LogP contribution is -2.32. The lowest BCUT2D eigenvalue weighted by Gasteiger charge is -2.31. The SMILES string of the molecule is Oc1ccc(C2c3cc(Cl)ccc3C3NCCCC32)cc1. The molecular weight excluding hydrogens is 282 g/mol. The number of benzene rings is 2. The van der Waals surface area contributed by atoms with Crippen LogP contribution in [0.3, 0.4) is 0 Å². The number of phenolic OH excluding ortho intramolecular Hbond substituents is 1. The van der Waals surface area contributed by atoms with E-state index < -0.39 is 0 Å². The largest absolute Gasteiger partial charge is 0.508 e. The fourth-order valence-electron chi connectivity index (χ4n) is 4.05. The Labute approximate surface area is 129 Å². The summed E-state index contributed by atoms with van der Waals surface area (Å²) in [4.78, 5) is 0. The average Bonchev–Trinajstić information content (AvgIpc) is 2.82. The lowest BCUT2D eigenvalue weighted by atomic mass is 9.80. The van der Waals surface area contributed by atoms with Crippen molar-refractivity contribution in [2.45, 2.75) is 24.8 Å². The number of fused-ring (bicyclic) bond motifs is 3. The third-order valence-electron chi connectivity index (χ3n) is 4.91. The number of phenols is 1. The number of hydrogen-bond acceptors (Lipinski definition) is 2. The van der Waals surface area contributed by atoms with Gasteiger partial charge in [-0.1, -0.05) is 29.8 Å². The molecule has 2 nitrogen and oxygen atoms in total. The smallest absolute Gasteiger partial charge is 0.115 e. The van der Waals surface area contributed by atoms with Gasteiger partial charge < -0.3 is 10.4 Å². The van der Waals surface area contributed by atoms with Crippen LogP contribution in [0.15, 0.2) is 42.5 Å². The molecule has 108 valence electrons. The number of hydrogen-bond donors (Lipinski definition) is 2. The molecule has 0 radical (unpaired) electrons. The molecule has 21 heavy (non-hydrogen) atoms. The van der Waals surface area contributed by atoms with Gasteiger partial charge >= 0.3 is 0 Å². The van der Waals surface area contributed by atoms with Crippen molar-refractivity contribution in [3.63, 3.8) is 0 Å². The summed E-state index contributed by atoms with van der Waals surface area (Å²) in [5.74, 6) is 1.27. The van der Waals surface area contributed by atoms with E-state index in [4.69, 9.17) is 11.6 Å². The first-order chi connectivity index (χ1) is 10.2. The highest BCUT2D eigenvalue weighted by Gasteiger charge is 2.42. The van der Waals surface area contributed by atoms with Crippen LogP contribution in [0.4, 0.5) is 0 Å². The van der Waals surface area contributed by atoms with Crippen molar-refractivity contribution < 1.29 is 5.11 Å². The zero-order valence-corrected chi connectivity index (χ0v) is 12.5. The molecular formula is C18H18ClNO. The van der Waals surface area contributed by atoms with Crippen LogP contribution in [-0.2, 0) is 0 Å². The minimum Gasteiger partial charge on any atom is -0.508 e. The van der Waals surface area contributed by atoms with Gasteiger partial charge in [0, 0.05) is 17.0 Å². The monoisotopic (exact) mass is 299 g/mol. The molecule has 1 heterocycles.